The highest BCUT2D eigenvalue weighted by molar-refractivity contribution is 5.78. The first-order chi connectivity index (χ1) is 13.9. The van der Waals surface area contributed by atoms with Gasteiger partial charge in [-0.2, -0.15) is 0 Å². The van der Waals surface area contributed by atoms with Gasteiger partial charge in [0, 0.05) is 38.8 Å². The Hall–Kier alpha value is -3.53. The number of nitrogens with one attached hydrogen (secondary N) is 1. The van der Waals surface area contributed by atoms with E-state index in [2.05, 4.69) is 5.32 Å². The normalized spacial score (nSPS) is 14.4. The lowest BCUT2D eigenvalue weighted by atomic mass is 10.2. The van der Waals surface area contributed by atoms with Crippen molar-refractivity contribution < 1.29 is 14.6 Å². The maximum absolute atomic E-state index is 12.2. The fourth-order valence-electron chi connectivity index (χ4n) is 3.24. The first-order valence-electron chi connectivity index (χ1n) is 9.15. The van der Waals surface area contributed by atoms with E-state index < -0.39 is 9.85 Å². The molecule has 1 aliphatic rings. The number of amides is 1. The molecule has 1 saturated heterocycles. The molecular formula is C19H21N5O5. The largest absolute Gasteiger partial charge is 0.363 e. The van der Waals surface area contributed by atoms with Gasteiger partial charge >= 0.3 is 0 Å². The zero-order valence-corrected chi connectivity index (χ0v) is 15.7. The minimum absolute atomic E-state index is 0.0800. The van der Waals surface area contributed by atoms with Crippen LogP contribution in [0.25, 0.3) is 0 Å². The second kappa shape index (κ2) is 9.11. The van der Waals surface area contributed by atoms with Crippen LogP contribution in [0.2, 0.25) is 0 Å². The third-order valence-corrected chi connectivity index (χ3v) is 4.78. The summed E-state index contributed by atoms with van der Waals surface area (Å²) < 4.78 is 0. The number of benzene rings is 2. The Bertz CT molecular complexity index is 897. The summed E-state index contributed by atoms with van der Waals surface area (Å²) in [4.78, 5) is 36.9. The highest BCUT2D eigenvalue weighted by Gasteiger charge is 2.26. The fraction of sp³-hybridized carbons (Fsp3) is 0.316. The Morgan fingerprint density at radius 3 is 2.28 bits per heavy atom. The van der Waals surface area contributed by atoms with Crippen molar-refractivity contribution in [2.45, 2.75) is 6.54 Å². The van der Waals surface area contributed by atoms with E-state index in [0.29, 0.717) is 38.4 Å². The third kappa shape index (κ3) is 5.26. The van der Waals surface area contributed by atoms with Gasteiger partial charge in [0.05, 0.1) is 22.5 Å². The molecule has 0 saturated carbocycles. The lowest BCUT2D eigenvalue weighted by Crippen LogP contribution is -2.49. The third-order valence-electron chi connectivity index (χ3n) is 4.78. The van der Waals surface area contributed by atoms with Crippen LogP contribution < -0.4 is 10.2 Å². The molecule has 0 atom stereocenters. The Morgan fingerprint density at radius 2 is 1.66 bits per heavy atom. The van der Waals surface area contributed by atoms with Gasteiger partial charge in [-0.25, -0.2) is 0 Å². The fourth-order valence-corrected chi connectivity index (χ4v) is 3.24. The monoisotopic (exact) mass is 399 g/mol. The molecule has 0 bridgehead atoms. The number of hydrogen-bond donors (Lipinski definition) is 1. The summed E-state index contributed by atoms with van der Waals surface area (Å²) in [6, 6.07) is 13.3. The summed E-state index contributed by atoms with van der Waals surface area (Å²) in [5, 5.41) is 25.1. The molecule has 3 rings (SSSR count). The average molecular weight is 399 g/mol. The van der Waals surface area contributed by atoms with Gasteiger partial charge in [-0.05, 0) is 11.6 Å². The van der Waals surface area contributed by atoms with Gasteiger partial charge < -0.3 is 10.2 Å². The Morgan fingerprint density at radius 1 is 0.966 bits per heavy atom. The summed E-state index contributed by atoms with van der Waals surface area (Å²) in [7, 11) is 0. The second-order valence-electron chi connectivity index (χ2n) is 6.71. The SMILES string of the molecule is O=C(CN1CCN(c2ccc([N+](=O)[O-])cc2[N+](=O)[O-])CC1)NCc1ccccc1. The summed E-state index contributed by atoms with van der Waals surface area (Å²) >= 11 is 0. The summed E-state index contributed by atoms with van der Waals surface area (Å²) in [6.45, 7) is 2.83. The number of non-ortho nitro benzene ring substituents is 1. The molecule has 0 radical (unpaired) electrons. The van der Waals surface area contributed by atoms with Crippen molar-refractivity contribution in [1.82, 2.24) is 10.2 Å². The first-order valence-corrected chi connectivity index (χ1v) is 9.15. The van der Waals surface area contributed by atoms with Crippen LogP contribution in [0.15, 0.2) is 48.5 Å². The number of carbonyl (C=O) groups excluding carboxylic acids is 1. The molecule has 152 valence electrons. The van der Waals surface area contributed by atoms with Crippen LogP contribution in [0.1, 0.15) is 5.56 Å². The number of nitro benzene ring substituents is 2. The zero-order valence-electron chi connectivity index (χ0n) is 15.7. The van der Waals surface area contributed by atoms with E-state index in [1.165, 1.54) is 12.1 Å². The molecule has 1 amide bonds. The first kappa shape index (κ1) is 20.2. The van der Waals surface area contributed by atoms with Crippen LogP contribution in [0.4, 0.5) is 17.1 Å². The van der Waals surface area contributed by atoms with E-state index in [9.17, 15) is 25.0 Å². The van der Waals surface area contributed by atoms with Gasteiger partial charge in [0.2, 0.25) is 5.91 Å². The average Bonchev–Trinajstić information content (AvgIpc) is 2.73. The maximum Gasteiger partial charge on any atom is 0.299 e. The number of piperazine rings is 1. The van der Waals surface area contributed by atoms with E-state index in [1.807, 2.05) is 40.1 Å². The molecule has 2 aromatic carbocycles. The van der Waals surface area contributed by atoms with E-state index in [1.54, 1.807) is 0 Å². The quantitative estimate of drug-likeness (QED) is 0.558. The van der Waals surface area contributed by atoms with E-state index >= 15 is 0 Å². The maximum atomic E-state index is 12.2. The molecule has 10 nitrogen and oxygen atoms in total. The number of hydrogen-bond acceptors (Lipinski definition) is 7. The second-order valence-corrected chi connectivity index (χ2v) is 6.71. The molecular weight excluding hydrogens is 378 g/mol. The van der Waals surface area contributed by atoms with Crippen LogP contribution in [0.5, 0.6) is 0 Å². The van der Waals surface area contributed by atoms with Gasteiger partial charge in [-0.3, -0.25) is 29.9 Å². The van der Waals surface area contributed by atoms with Crippen LogP contribution in [0.3, 0.4) is 0 Å². The molecule has 1 fully saturated rings. The highest BCUT2D eigenvalue weighted by atomic mass is 16.6. The molecule has 29 heavy (non-hydrogen) atoms. The van der Waals surface area contributed by atoms with Gasteiger partial charge in [0.1, 0.15) is 5.69 Å². The van der Waals surface area contributed by atoms with Crippen molar-refractivity contribution in [1.29, 1.82) is 0 Å². The molecule has 1 N–H and O–H groups in total. The lowest BCUT2D eigenvalue weighted by molar-refractivity contribution is -0.393. The van der Waals surface area contributed by atoms with Gasteiger partial charge in [-0.1, -0.05) is 30.3 Å². The van der Waals surface area contributed by atoms with Gasteiger partial charge in [0.15, 0.2) is 0 Å². The smallest absolute Gasteiger partial charge is 0.299 e. The Labute approximate surface area is 167 Å². The summed E-state index contributed by atoms with van der Waals surface area (Å²) in [5.74, 6) is -0.0800. The van der Waals surface area contributed by atoms with Gasteiger partial charge in [0.25, 0.3) is 11.4 Å². The van der Waals surface area contributed by atoms with Crippen molar-refractivity contribution in [3.05, 3.63) is 74.3 Å². The summed E-state index contributed by atoms with van der Waals surface area (Å²) in [5.41, 5.74) is 0.785. The Balaban J connectivity index is 1.54. The molecule has 10 heteroatoms. The molecule has 0 spiro atoms. The number of anilines is 1. The lowest BCUT2D eigenvalue weighted by Gasteiger charge is -2.35. The molecule has 2 aromatic rings. The molecule has 0 aliphatic carbocycles. The number of rotatable bonds is 7. The highest BCUT2D eigenvalue weighted by Crippen LogP contribution is 2.32. The van der Waals surface area contributed by atoms with Crippen molar-refractivity contribution in [3.8, 4) is 0 Å². The Kier molecular flexibility index (Phi) is 6.35. The predicted octanol–water partition coefficient (Wildman–Crippen LogP) is 1.94. The number of nitrogens with zero attached hydrogens (tertiary/aromatic N) is 4. The minimum atomic E-state index is -0.650. The van der Waals surface area contributed by atoms with E-state index in [4.69, 9.17) is 0 Å². The molecule has 0 unspecified atom stereocenters. The van der Waals surface area contributed by atoms with Crippen LogP contribution >= 0.6 is 0 Å². The van der Waals surface area contributed by atoms with Crippen LogP contribution in [-0.4, -0.2) is 53.4 Å². The van der Waals surface area contributed by atoms with Crippen molar-refractivity contribution >= 4 is 23.0 Å². The number of carbonyl (C=O) groups is 1. The van der Waals surface area contributed by atoms with Crippen molar-refractivity contribution in [2.75, 3.05) is 37.6 Å². The molecule has 1 aliphatic heterocycles. The molecule has 1 heterocycles. The van der Waals surface area contributed by atoms with Crippen LogP contribution in [0, 0.1) is 20.2 Å². The minimum Gasteiger partial charge on any atom is -0.363 e. The zero-order chi connectivity index (χ0) is 20.8. The van der Waals surface area contributed by atoms with Crippen molar-refractivity contribution in [3.63, 3.8) is 0 Å². The standard InChI is InChI=1S/C19H21N5O5/c25-19(20-13-15-4-2-1-3-5-15)14-21-8-10-22(11-9-21)17-7-6-16(23(26)27)12-18(17)24(28)29/h1-7,12H,8-11,13-14H2,(H,20,25). The molecule has 0 aromatic heterocycles. The topological polar surface area (TPSA) is 122 Å². The predicted molar refractivity (Wildman–Crippen MR) is 107 cm³/mol. The summed E-state index contributed by atoms with van der Waals surface area (Å²) in [6.07, 6.45) is 0. The van der Waals surface area contributed by atoms with Crippen molar-refractivity contribution in [2.24, 2.45) is 0 Å². The van der Waals surface area contributed by atoms with E-state index in [-0.39, 0.29) is 23.8 Å². The number of nitro groups is 2. The van der Waals surface area contributed by atoms with E-state index in [0.717, 1.165) is 11.6 Å². The van der Waals surface area contributed by atoms with Gasteiger partial charge in [-0.15, -0.1) is 0 Å². The van der Waals surface area contributed by atoms with Crippen LogP contribution in [-0.2, 0) is 11.3 Å².